The van der Waals surface area contributed by atoms with Crippen LogP contribution in [-0.4, -0.2) is 33.2 Å². The van der Waals surface area contributed by atoms with Crippen LogP contribution >= 0.6 is 0 Å². The van der Waals surface area contributed by atoms with E-state index in [2.05, 4.69) is 5.32 Å². The molecule has 104 valence electrons. The summed E-state index contributed by atoms with van der Waals surface area (Å²) in [7, 11) is 3.72. The Morgan fingerprint density at radius 2 is 2.05 bits per heavy atom. The SMILES string of the molecule is CN(C)c1ccc(F)cc1NC(=O)C1CCOCC1. The number of rotatable bonds is 3. The molecule has 0 aliphatic carbocycles. The number of amides is 1. The highest BCUT2D eigenvalue weighted by Gasteiger charge is 2.22. The Balaban J connectivity index is 2.13. The fourth-order valence-corrected chi connectivity index (χ4v) is 2.19. The molecule has 0 unspecified atom stereocenters. The van der Waals surface area contributed by atoms with E-state index in [0.717, 1.165) is 18.5 Å². The van der Waals surface area contributed by atoms with Crippen molar-refractivity contribution in [1.82, 2.24) is 0 Å². The fraction of sp³-hybridized carbons (Fsp3) is 0.500. The van der Waals surface area contributed by atoms with Gasteiger partial charge in [-0.1, -0.05) is 0 Å². The van der Waals surface area contributed by atoms with Gasteiger partial charge in [0, 0.05) is 33.2 Å². The summed E-state index contributed by atoms with van der Waals surface area (Å²) in [6.45, 7) is 1.23. The van der Waals surface area contributed by atoms with E-state index < -0.39 is 0 Å². The van der Waals surface area contributed by atoms with Crippen LogP contribution in [0, 0.1) is 11.7 Å². The predicted octanol–water partition coefficient (Wildman–Crippen LogP) is 2.26. The van der Waals surface area contributed by atoms with Crippen molar-refractivity contribution in [2.24, 2.45) is 5.92 Å². The van der Waals surface area contributed by atoms with Crippen molar-refractivity contribution in [3.05, 3.63) is 24.0 Å². The van der Waals surface area contributed by atoms with Crippen LogP contribution in [0.1, 0.15) is 12.8 Å². The van der Waals surface area contributed by atoms with Gasteiger partial charge in [-0.3, -0.25) is 4.79 Å². The first kappa shape index (κ1) is 13.8. The first-order valence-electron chi connectivity index (χ1n) is 6.43. The van der Waals surface area contributed by atoms with E-state index in [4.69, 9.17) is 4.74 Å². The second-order valence-electron chi connectivity index (χ2n) is 4.93. The normalized spacial score (nSPS) is 16.2. The summed E-state index contributed by atoms with van der Waals surface area (Å²) >= 11 is 0. The number of benzene rings is 1. The van der Waals surface area contributed by atoms with Crippen molar-refractivity contribution < 1.29 is 13.9 Å². The maximum Gasteiger partial charge on any atom is 0.227 e. The molecular weight excluding hydrogens is 247 g/mol. The zero-order valence-electron chi connectivity index (χ0n) is 11.3. The van der Waals surface area contributed by atoms with Gasteiger partial charge in [0.25, 0.3) is 0 Å². The molecule has 2 rings (SSSR count). The van der Waals surface area contributed by atoms with Gasteiger partial charge in [0.05, 0.1) is 11.4 Å². The zero-order chi connectivity index (χ0) is 13.8. The third-order valence-corrected chi connectivity index (χ3v) is 3.29. The highest BCUT2D eigenvalue weighted by Crippen LogP contribution is 2.26. The van der Waals surface area contributed by atoms with E-state index in [0.29, 0.717) is 18.9 Å². The van der Waals surface area contributed by atoms with Gasteiger partial charge in [0.2, 0.25) is 5.91 Å². The van der Waals surface area contributed by atoms with Crippen molar-refractivity contribution in [3.8, 4) is 0 Å². The molecule has 1 N–H and O–H groups in total. The largest absolute Gasteiger partial charge is 0.381 e. The van der Waals surface area contributed by atoms with Crippen LogP contribution in [0.2, 0.25) is 0 Å². The van der Waals surface area contributed by atoms with Gasteiger partial charge in [-0.15, -0.1) is 0 Å². The molecular formula is C14H19FN2O2. The van der Waals surface area contributed by atoms with Crippen molar-refractivity contribution in [2.45, 2.75) is 12.8 Å². The number of halogens is 1. The lowest BCUT2D eigenvalue weighted by Crippen LogP contribution is -2.29. The van der Waals surface area contributed by atoms with Crippen molar-refractivity contribution in [1.29, 1.82) is 0 Å². The van der Waals surface area contributed by atoms with E-state index >= 15 is 0 Å². The Labute approximate surface area is 112 Å². The Hall–Kier alpha value is -1.62. The van der Waals surface area contributed by atoms with E-state index in [-0.39, 0.29) is 17.6 Å². The average Bonchev–Trinajstić information content (AvgIpc) is 2.39. The highest BCUT2D eigenvalue weighted by atomic mass is 19.1. The molecule has 4 nitrogen and oxygen atoms in total. The molecule has 1 aliphatic heterocycles. The van der Waals surface area contributed by atoms with Crippen LogP contribution in [-0.2, 0) is 9.53 Å². The van der Waals surface area contributed by atoms with E-state index in [9.17, 15) is 9.18 Å². The van der Waals surface area contributed by atoms with Gasteiger partial charge in [-0.2, -0.15) is 0 Å². The number of nitrogens with one attached hydrogen (secondary N) is 1. The minimum absolute atomic E-state index is 0.0490. The van der Waals surface area contributed by atoms with Crippen LogP contribution in [0.25, 0.3) is 0 Å². The lowest BCUT2D eigenvalue weighted by molar-refractivity contribution is -0.122. The van der Waals surface area contributed by atoms with Gasteiger partial charge in [-0.05, 0) is 31.0 Å². The molecule has 0 bridgehead atoms. The molecule has 0 saturated carbocycles. The Kier molecular flexibility index (Phi) is 4.37. The molecule has 1 aliphatic rings. The molecule has 0 atom stereocenters. The van der Waals surface area contributed by atoms with E-state index in [1.165, 1.54) is 12.1 Å². The highest BCUT2D eigenvalue weighted by molar-refractivity contribution is 5.95. The molecule has 1 fully saturated rings. The molecule has 0 spiro atoms. The maximum absolute atomic E-state index is 13.3. The zero-order valence-corrected chi connectivity index (χ0v) is 11.3. The quantitative estimate of drug-likeness (QED) is 0.912. The molecule has 1 aromatic rings. The minimum Gasteiger partial charge on any atom is -0.381 e. The van der Waals surface area contributed by atoms with Gasteiger partial charge in [-0.25, -0.2) is 4.39 Å². The summed E-state index contributed by atoms with van der Waals surface area (Å²) in [5.74, 6) is -0.461. The predicted molar refractivity (Wildman–Crippen MR) is 72.9 cm³/mol. The third kappa shape index (κ3) is 3.44. The number of carbonyl (C=O) groups excluding carboxylic acids is 1. The number of hydrogen-bond donors (Lipinski definition) is 1. The first-order valence-corrected chi connectivity index (χ1v) is 6.43. The molecule has 1 aromatic carbocycles. The second kappa shape index (κ2) is 6.02. The summed E-state index contributed by atoms with van der Waals surface area (Å²) in [4.78, 5) is 14.0. The number of ether oxygens (including phenoxy) is 1. The maximum atomic E-state index is 13.3. The third-order valence-electron chi connectivity index (χ3n) is 3.29. The van der Waals surface area contributed by atoms with Crippen molar-refractivity contribution in [3.63, 3.8) is 0 Å². The first-order chi connectivity index (χ1) is 9.08. The molecule has 0 aromatic heterocycles. The summed E-state index contributed by atoms with van der Waals surface area (Å²) in [5.41, 5.74) is 1.31. The Bertz CT molecular complexity index is 457. The molecule has 0 radical (unpaired) electrons. The average molecular weight is 266 g/mol. The number of hydrogen-bond acceptors (Lipinski definition) is 3. The van der Waals surface area contributed by atoms with Crippen molar-refractivity contribution >= 4 is 17.3 Å². The van der Waals surface area contributed by atoms with Crippen molar-refractivity contribution in [2.75, 3.05) is 37.5 Å². The lowest BCUT2D eigenvalue weighted by Gasteiger charge is -2.23. The van der Waals surface area contributed by atoms with Crippen LogP contribution in [0.3, 0.4) is 0 Å². The Morgan fingerprint density at radius 3 is 2.68 bits per heavy atom. The monoisotopic (exact) mass is 266 g/mol. The lowest BCUT2D eigenvalue weighted by atomic mass is 9.99. The molecule has 1 heterocycles. The van der Waals surface area contributed by atoms with Gasteiger partial charge in [0.1, 0.15) is 5.82 Å². The standard InChI is InChI=1S/C14H19FN2O2/c1-17(2)13-4-3-11(15)9-12(13)16-14(18)10-5-7-19-8-6-10/h3-4,9-10H,5-8H2,1-2H3,(H,16,18). The fourth-order valence-electron chi connectivity index (χ4n) is 2.19. The van der Waals surface area contributed by atoms with Crippen LogP contribution in [0.5, 0.6) is 0 Å². The molecule has 5 heteroatoms. The second-order valence-corrected chi connectivity index (χ2v) is 4.93. The van der Waals surface area contributed by atoms with Crippen LogP contribution in [0.15, 0.2) is 18.2 Å². The molecule has 1 saturated heterocycles. The minimum atomic E-state index is -0.354. The van der Waals surface area contributed by atoms with Gasteiger partial charge < -0.3 is 15.0 Å². The van der Waals surface area contributed by atoms with Crippen LogP contribution in [0.4, 0.5) is 15.8 Å². The van der Waals surface area contributed by atoms with Gasteiger partial charge >= 0.3 is 0 Å². The summed E-state index contributed by atoms with van der Waals surface area (Å²) < 4.78 is 18.5. The van der Waals surface area contributed by atoms with Crippen LogP contribution < -0.4 is 10.2 Å². The number of anilines is 2. The molecule has 19 heavy (non-hydrogen) atoms. The van der Waals surface area contributed by atoms with E-state index in [1.54, 1.807) is 6.07 Å². The summed E-state index contributed by atoms with van der Waals surface area (Å²) in [6.07, 6.45) is 1.44. The Morgan fingerprint density at radius 1 is 1.37 bits per heavy atom. The summed E-state index contributed by atoms with van der Waals surface area (Å²) in [5, 5.41) is 2.83. The number of nitrogens with zero attached hydrogens (tertiary/aromatic N) is 1. The smallest absolute Gasteiger partial charge is 0.227 e. The van der Waals surface area contributed by atoms with Gasteiger partial charge in [0.15, 0.2) is 0 Å². The van der Waals surface area contributed by atoms with E-state index in [1.807, 2.05) is 19.0 Å². The topological polar surface area (TPSA) is 41.6 Å². The summed E-state index contributed by atoms with van der Waals surface area (Å²) in [6, 6.07) is 4.40. The number of carbonyl (C=O) groups is 1. The molecule has 1 amide bonds.